The van der Waals surface area contributed by atoms with Crippen molar-refractivity contribution in [2.24, 2.45) is 0 Å². The van der Waals surface area contributed by atoms with Crippen LogP contribution >= 0.6 is 11.3 Å². The van der Waals surface area contributed by atoms with E-state index in [0.717, 1.165) is 28.8 Å². The lowest BCUT2D eigenvalue weighted by Gasteiger charge is -2.16. The molecule has 0 saturated carbocycles. The summed E-state index contributed by atoms with van der Waals surface area (Å²) in [6.45, 7) is 1.97. The number of Topliss-reactive ketones (excluding diaryl/α,β-unsaturated/α-hetero) is 1. The lowest BCUT2D eigenvalue weighted by molar-refractivity contribution is 0.0970. The number of aryl methyl sites for hydroxylation is 3. The van der Waals surface area contributed by atoms with E-state index >= 15 is 0 Å². The average Bonchev–Trinajstić information content (AvgIpc) is 3.13. The van der Waals surface area contributed by atoms with Crippen molar-refractivity contribution >= 4 is 27.3 Å². The Hall–Kier alpha value is -3.05. The third-order valence-corrected chi connectivity index (χ3v) is 7.19. The Balaban J connectivity index is 1.49. The van der Waals surface area contributed by atoms with Crippen LogP contribution < -0.4 is 5.56 Å². The molecule has 1 aliphatic carbocycles. The summed E-state index contributed by atoms with van der Waals surface area (Å²) >= 11 is 1.52. The second-order valence-electron chi connectivity index (χ2n) is 7.89. The number of benzene rings is 2. The van der Waals surface area contributed by atoms with Crippen LogP contribution in [-0.4, -0.2) is 15.3 Å². The summed E-state index contributed by atoms with van der Waals surface area (Å²) in [7, 11) is 0. The highest BCUT2D eigenvalue weighted by molar-refractivity contribution is 7.22. The minimum absolute atomic E-state index is 0.0104. The Morgan fingerprint density at radius 1 is 1.07 bits per heavy atom. The van der Waals surface area contributed by atoms with Gasteiger partial charge in [0.2, 0.25) is 0 Å². The normalized spacial score (nSPS) is 13.4. The molecule has 4 nitrogen and oxygen atoms in total. The van der Waals surface area contributed by atoms with Gasteiger partial charge in [0.1, 0.15) is 4.83 Å². The molecule has 0 amide bonds. The molecule has 1 aliphatic rings. The van der Waals surface area contributed by atoms with Crippen LogP contribution in [0.3, 0.4) is 0 Å². The monoisotopic (exact) mass is 414 g/mol. The molecular formula is C25H22N2O2S. The Bertz CT molecular complexity index is 1320. The van der Waals surface area contributed by atoms with Crippen LogP contribution in [0.1, 0.15) is 39.9 Å². The first kappa shape index (κ1) is 18.9. The van der Waals surface area contributed by atoms with Gasteiger partial charge in [0.15, 0.2) is 5.78 Å². The molecule has 5 rings (SSSR count). The fourth-order valence-electron chi connectivity index (χ4n) is 4.29. The SMILES string of the molecule is Cc1c(-c2ccccc2)sc2ncn(CC(=O)c3ccc4c(c3)CCCC4)c(=O)c12. The summed E-state index contributed by atoms with van der Waals surface area (Å²) in [5.41, 5.74) is 5.15. The second-order valence-corrected chi connectivity index (χ2v) is 8.89. The molecule has 0 radical (unpaired) electrons. The van der Waals surface area contributed by atoms with Crippen LogP contribution in [0, 0.1) is 6.92 Å². The summed E-state index contributed by atoms with van der Waals surface area (Å²) in [5.74, 6) is -0.0530. The van der Waals surface area contributed by atoms with Gasteiger partial charge < -0.3 is 0 Å². The molecule has 0 fully saturated rings. The summed E-state index contributed by atoms with van der Waals surface area (Å²) in [4.78, 5) is 32.3. The van der Waals surface area contributed by atoms with Gasteiger partial charge in [-0.05, 0) is 60.9 Å². The van der Waals surface area contributed by atoms with Gasteiger partial charge in [-0.1, -0.05) is 42.5 Å². The van der Waals surface area contributed by atoms with Crippen molar-refractivity contribution in [2.45, 2.75) is 39.2 Å². The Labute approximate surface area is 178 Å². The van der Waals surface area contributed by atoms with Gasteiger partial charge in [-0.25, -0.2) is 4.98 Å². The van der Waals surface area contributed by atoms with E-state index in [4.69, 9.17) is 0 Å². The number of aromatic nitrogens is 2. The number of rotatable bonds is 4. The molecule has 2 aromatic heterocycles. The first-order chi connectivity index (χ1) is 14.6. The lowest BCUT2D eigenvalue weighted by Crippen LogP contribution is -2.24. The maximum Gasteiger partial charge on any atom is 0.262 e. The largest absolute Gasteiger partial charge is 0.292 e. The first-order valence-corrected chi connectivity index (χ1v) is 11.1. The number of thiophene rings is 1. The zero-order valence-corrected chi connectivity index (χ0v) is 17.7. The molecule has 150 valence electrons. The minimum Gasteiger partial charge on any atom is -0.292 e. The number of fused-ring (bicyclic) bond motifs is 2. The van der Waals surface area contributed by atoms with Crippen LogP contribution in [0.5, 0.6) is 0 Å². The highest BCUT2D eigenvalue weighted by atomic mass is 32.1. The van der Waals surface area contributed by atoms with Crippen molar-refractivity contribution < 1.29 is 4.79 Å². The molecule has 2 heterocycles. The zero-order valence-electron chi connectivity index (χ0n) is 16.9. The Morgan fingerprint density at radius 3 is 2.63 bits per heavy atom. The van der Waals surface area contributed by atoms with Gasteiger partial charge in [-0.15, -0.1) is 11.3 Å². The van der Waals surface area contributed by atoms with Gasteiger partial charge in [-0.2, -0.15) is 0 Å². The zero-order chi connectivity index (χ0) is 20.7. The molecule has 30 heavy (non-hydrogen) atoms. The average molecular weight is 415 g/mol. The topological polar surface area (TPSA) is 52.0 Å². The van der Waals surface area contributed by atoms with Crippen LogP contribution in [-0.2, 0) is 19.4 Å². The molecular weight excluding hydrogens is 392 g/mol. The third-order valence-electron chi connectivity index (χ3n) is 5.94. The van der Waals surface area contributed by atoms with E-state index in [0.29, 0.717) is 15.8 Å². The number of carbonyl (C=O) groups is 1. The summed E-state index contributed by atoms with van der Waals surface area (Å²) in [6, 6.07) is 16.0. The van der Waals surface area contributed by atoms with E-state index < -0.39 is 0 Å². The maximum atomic E-state index is 13.2. The molecule has 0 spiro atoms. The number of hydrogen-bond donors (Lipinski definition) is 0. The molecule has 0 aliphatic heterocycles. The van der Waals surface area contributed by atoms with Crippen molar-refractivity contribution in [3.8, 4) is 10.4 Å². The van der Waals surface area contributed by atoms with Crippen molar-refractivity contribution in [3.63, 3.8) is 0 Å². The molecule has 0 atom stereocenters. The van der Waals surface area contributed by atoms with E-state index in [-0.39, 0.29) is 17.9 Å². The smallest absolute Gasteiger partial charge is 0.262 e. The van der Waals surface area contributed by atoms with Gasteiger partial charge in [-0.3, -0.25) is 14.2 Å². The Morgan fingerprint density at radius 2 is 1.83 bits per heavy atom. The predicted octanol–water partition coefficient (Wildman–Crippen LogP) is 5.20. The minimum atomic E-state index is -0.151. The lowest BCUT2D eigenvalue weighted by atomic mass is 9.90. The fraction of sp³-hybridized carbons (Fsp3) is 0.240. The number of nitrogens with zero attached hydrogens (tertiary/aromatic N) is 2. The van der Waals surface area contributed by atoms with Crippen molar-refractivity contribution in [1.29, 1.82) is 0 Å². The fourth-order valence-corrected chi connectivity index (χ4v) is 5.43. The van der Waals surface area contributed by atoms with Gasteiger partial charge in [0, 0.05) is 10.4 Å². The highest BCUT2D eigenvalue weighted by Crippen LogP contribution is 2.35. The standard InChI is InChI=1S/C25H22N2O2S/c1-16-22-24(30-23(16)18-8-3-2-4-9-18)26-15-27(25(22)29)14-21(28)20-12-11-17-7-5-6-10-19(17)13-20/h2-4,8-9,11-13,15H,5-7,10,14H2,1H3. The molecule has 0 saturated heterocycles. The molecule has 5 heteroatoms. The van der Waals surface area contributed by atoms with Crippen LogP contribution in [0.2, 0.25) is 0 Å². The summed E-state index contributed by atoms with van der Waals surface area (Å²) in [6.07, 6.45) is 6.01. The van der Waals surface area contributed by atoms with Crippen molar-refractivity contribution in [2.75, 3.05) is 0 Å². The number of carbonyl (C=O) groups excluding carboxylic acids is 1. The summed E-state index contributed by atoms with van der Waals surface area (Å²) < 4.78 is 1.44. The van der Waals surface area contributed by atoms with Crippen LogP contribution in [0.25, 0.3) is 20.7 Å². The molecule has 2 aromatic carbocycles. The van der Waals surface area contributed by atoms with E-state index in [1.807, 2.05) is 49.4 Å². The Kier molecular flexibility index (Phi) is 4.83. The van der Waals surface area contributed by atoms with Gasteiger partial charge in [0.05, 0.1) is 18.3 Å². The van der Waals surface area contributed by atoms with E-state index in [9.17, 15) is 9.59 Å². The summed E-state index contributed by atoms with van der Waals surface area (Å²) in [5, 5.41) is 0.611. The van der Waals surface area contributed by atoms with E-state index in [2.05, 4.69) is 11.1 Å². The first-order valence-electron chi connectivity index (χ1n) is 10.3. The van der Waals surface area contributed by atoms with Gasteiger partial charge in [0.25, 0.3) is 5.56 Å². The molecule has 0 N–H and O–H groups in total. The molecule has 4 aromatic rings. The highest BCUT2D eigenvalue weighted by Gasteiger charge is 2.18. The quantitative estimate of drug-likeness (QED) is 0.432. The maximum absolute atomic E-state index is 13.2. The van der Waals surface area contributed by atoms with Crippen LogP contribution in [0.15, 0.2) is 59.7 Å². The van der Waals surface area contributed by atoms with Crippen LogP contribution in [0.4, 0.5) is 0 Å². The predicted molar refractivity (Wildman–Crippen MR) is 121 cm³/mol. The molecule has 0 bridgehead atoms. The molecule has 0 unspecified atom stereocenters. The van der Waals surface area contributed by atoms with Crippen molar-refractivity contribution in [1.82, 2.24) is 9.55 Å². The van der Waals surface area contributed by atoms with E-state index in [1.54, 1.807) is 0 Å². The number of hydrogen-bond acceptors (Lipinski definition) is 4. The van der Waals surface area contributed by atoms with E-state index in [1.165, 1.54) is 46.2 Å². The third kappa shape index (κ3) is 3.29. The number of ketones is 1. The van der Waals surface area contributed by atoms with Crippen molar-refractivity contribution in [3.05, 3.63) is 87.5 Å². The van der Waals surface area contributed by atoms with Gasteiger partial charge >= 0.3 is 0 Å². The second kappa shape index (κ2) is 7.65.